The first kappa shape index (κ1) is 16.3. The summed E-state index contributed by atoms with van der Waals surface area (Å²) in [6.07, 6.45) is 10.2. The molecule has 108 valence electrons. The van der Waals surface area contributed by atoms with Gasteiger partial charge in [-0.05, 0) is 44.6 Å². The predicted octanol–water partition coefficient (Wildman–Crippen LogP) is 3.49. The highest BCUT2D eigenvalue weighted by molar-refractivity contribution is 5.85. The number of pyridine rings is 1. The quantitative estimate of drug-likeness (QED) is 0.900. The van der Waals surface area contributed by atoms with Crippen molar-refractivity contribution in [1.29, 1.82) is 0 Å². The van der Waals surface area contributed by atoms with Gasteiger partial charge in [-0.3, -0.25) is 0 Å². The number of hydrogen-bond acceptors (Lipinski definition) is 3. The van der Waals surface area contributed by atoms with Crippen molar-refractivity contribution in [2.24, 2.45) is 5.73 Å². The Morgan fingerprint density at radius 1 is 1.37 bits per heavy atom. The second kappa shape index (κ2) is 8.39. The molecule has 1 aromatic rings. The van der Waals surface area contributed by atoms with Crippen molar-refractivity contribution < 1.29 is 4.74 Å². The van der Waals surface area contributed by atoms with Gasteiger partial charge in [0.25, 0.3) is 0 Å². The van der Waals surface area contributed by atoms with Gasteiger partial charge in [0.2, 0.25) is 5.88 Å². The molecule has 1 atom stereocenters. The summed E-state index contributed by atoms with van der Waals surface area (Å²) in [5.74, 6) is 0.799. The molecule has 0 radical (unpaired) electrons. The lowest BCUT2D eigenvalue weighted by molar-refractivity contribution is 0.147. The highest BCUT2D eigenvalue weighted by Gasteiger charge is 2.17. The van der Waals surface area contributed by atoms with Crippen molar-refractivity contribution >= 4 is 12.4 Å². The number of aromatic nitrogens is 1. The third-order valence-corrected chi connectivity index (χ3v) is 3.69. The van der Waals surface area contributed by atoms with Crippen molar-refractivity contribution in [3.05, 3.63) is 23.9 Å². The summed E-state index contributed by atoms with van der Waals surface area (Å²) in [5, 5.41) is 0. The Labute approximate surface area is 122 Å². The van der Waals surface area contributed by atoms with E-state index in [1.165, 1.54) is 19.3 Å². The van der Waals surface area contributed by atoms with E-state index in [9.17, 15) is 0 Å². The first-order valence-corrected chi connectivity index (χ1v) is 7.15. The minimum atomic E-state index is 0. The molecule has 3 nitrogen and oxygen atoms in total. The van der Waals surface area contributed by atoms with Gasteiger partial charge in [0.15, 0.2) is 0 Å². The molecule has 0 saturated heterocycles. The number of nitrogens with two attached hydrogens (primary N) is 1. The fourth-order valence-corrected chi connectivity index (χ4v) is 2.45. The fraction of sp³-hybridized carbons (Fsp3) is 0.667. The van der Waals surface area contributed by atoms with E-state index >= 15 is 0 Å². The Morgan fingerprint density at radius 2 is 2.11 bits per heavy atom. The first-order chi connectivity index (χ1) is 8.79. The predicted molar refractivity (Wildman–Crippen MR) is 81.0 cm³/mol. The Balaban J connectivity index is 0.00000180. The lowest BCUT2D eigenvalue weighted by Gasteiger charge is -2.23. The summed E-state index contributed by atoms with van der Waals surface area (Å²) >= 11 is 0. The molecular weight excluding hydrogens is 260 g/mol. The summed E-state index contributed by atoms with van der Waals surface area (Å²) in [7, 11) is 0. The Kier molecular flexibility index (Phi) is 7.17. The molecule has 0 spiro atoms. The van der Waals surface area contributed by atoms with Crippen LogP contribution in [0.5, 0.6) is 5.88 Å². The zero-order chi connectivity index (χ0) is 12.8. The SMILES string of the molecule is CCC(N)Cc1cccnc1OC1CCCCC1.Cl. The molecular formula is C15H25ClN2O. The number of hydrogen-bond donors (Lipinski definition) is 1. The van der Waals surface area contributed by atoms with Gasteiger partial charge in [0.1, 0.15) is 6.10 Å². The van der Waals surface area contributed by atoms with Gasteiger partial charge >= 0.3 is 0 Å². The lowest BCUT2D eigenvalue weighted by Crippen LogP contribution is -2.24. The van der Waals surface area contributed by atoms with Crippen LogP contribution in [0.15, 0.2) is 18.3 Å². The molecule has 0 bridgehead atoms. The van der Waals surface area contributed by atoms with Gasteiger partial charge in [0.05, 0.1) is 0 Å². The van der Waals surface area contributed by atoms with E-state index < -0.39 is 0 Å². The second-order valence-corrected chi connectivity index (χ2v) is 5.22. The molecule has 19 heavy (non-hydrogen) atoms. The van der Waals surface area contributed by atoms with Crippen LogP contribution in [0.2, 0.25) is 0 Å². The molecule has 1 aliphatic rings. The van der Waals surface area contributed by atoms with E-state index in [0.29, 0.717) is 6.10 Å². The van der Waals surface area contributed by atoms with E-state index in [4.69, 9.17) is 10.5 Å². The Hall–Kier alpha value is -0.800. The molecule has 0 amide bonds. The molecule has 1 heterocycles. The maximum absolute atomic E-state index is 6.07. The van der Waals surface area contributed by atoms with E-state index in [1.54, 1.807) is 6.20 Å². The Bertz CT molecular complexity index is 367. The molecule has 1 aliphatic carbocycles. The molecule has 4 heteroatoms. The fourth-order valence-electron chi connectivity index (χ4n) is 2.45. The van der Waals surface area contributed by atoms with Gasteiger partial charge in [-0.2, -0.15) is 0 Å². The molecule has 2 N–H and O–H groups in total. The largest absolute Gasteiger partial charge is 0.474 e. The monoisotopic (exact) mass is 284 g/mol. The number of rotatable bonds is 5. The smallest absolute Gasteiger partial charge is 0.216 e. The zero-order valence-electron chi connectivity index (χ0n) is 11.7. The van der Waals surface area contributed by atoms with Crippen LogP contribution in [-0.2, 0) is 6.42 Å². The van der Waals surface area contributed by atoms with Crippen molar-refractivity contribution in [2.75, 3.05) is 0 Å². The van der Waals surface area contributed by atoms with E-state index in [-0.39, 0.29) is 18.4 Å². The topological polar surface area (TPSA) is 48.1 Å². The number of halogens is 1. The molecule has 1 unspecified atom stereocenters. The highest BCUT2D eigenvalue weighted by atomic mass is 35.5. The highest BCUT2D eigenvalue weighted by Crippen LogP contribution is 2.24. The van der Waals surface area contributed by atoms with Crippen LogP contribution in [0.3, 0.4) is 0 Å². The van der Waals surface area contributed by atoms with Gasteiger partial charge in [-0.25, -0.2) is 4.98 Å². The normalized spacial score (nSPS) is 17.6. The zero-order valence-corrected chi connectivity index (χ0v) is 12.5. The average molecular weight is 285 g/mol. The van der Waals surface area contributed by atoms with Crippen LogP contribution < -0.4 is 10.5 Å². The van der Waals surface area contributed by atoms with Crippen molar-refractivity contribution in [2.45, 2.75) is 64.0 Å². The minimum Gasteiger partial charge on any atom is -0.474 e. The maximum Gasteiger partial charge on any atom is 0.216 e. The molecule has 0 aliphatic heterocycles. The first-order valence-electron chi connectivity index (χ1n) is 7.15. The van der Waals surface area contributed by atoms with Crippen molar-refractivity contribution in [3.63, 3.8) is 0 Å². The van der Waals surface area contributed by atoms with Crippen molar-refractivity contribution in [1.82, 2.24) is 4.98 Å². The molecule has 2 rings (SSSR count). The lowest BCUT2D eigenvalue weighted by atomic mass is 9.98. The van der Waals surface area contributed by atoms with Crippen LogP contribution in [-0.4, -0.2) is 17.1 Å². The van der Waals surface area contributed by atoms with Gasteiger partial charge < -0.3 is 10.5 Å². The van der Waals surface area contributed by atoms with Gasteiger partial charge in [0, 0.05) is 17.8 Å². The summed E-state index contributed by atoms with van der Waals surface area (Å²) < 4.78 is 6.07. The van der Waals surface area contributed by atoms with E-state index in [2.05, 4.69) is 18.0 Å². The number of nitrogens with zero attached hydrogens (tertiary/aromatic N) is 1. The summed E-state index contributed by atoms with van der Waals surface area (Å²) in [5.41, 5.74) is 7.17. The molecule has 0 aromatic carbocycles. The third kappa shape index (κ3) is 5.00. The summed E-state index contributed by atoms with van der Waals surface area (Å²) in [6, 6.07) is 4.24. The van der Waals surface area contributed by atoms with E-state index in [1.807, 2.05) is 6.07 Å². The van der Waals surface area contributed by atoms with Crippen LogP contribution in [0, 0.1) is 0 Å². The molecule has 1 aromatic heterocycles. The Morgan fingerprint density at radius 3 is 2.79 bits per heavy atom. The third-order valence-electron chi connectivity index (χ3n) is 3.69. The van der Waals surface area contributed by atoms with Gasteiger partial charge in [-0.15, -0.1) is 12.4 Å². The van der Waals surface area contributed by atoms with Crippen molar-refractivity contribution in [3.8, 4) is 5.88 Å². The summed E-state index contributed by atoms with van der Waals surface area (Å²) in [6.45, 7) is 2.11. The van der Waals surface area contributed by atoms with Crippen LogP contribution in [0.25, 0.3) is 0 Å². The van der Waals surface area contributed by atoms with Crippen LogP contribution in [0.1, 0.15) is 51.0 Å². The summed E-state index contributed by atoms with van der Waals surface area (Å²) in [4.78, 5) is 4.38. The second-order valence-electron chi connectivity index (χ2n) is 5.22. The standard InChI is InChI=1S/C15H24N2O.ClH/c1-2-13(16)11-12-7-6-10-17-15(12)18-14-8-4-3-5-9-14;/h6-7,10,13-14H,2-5,8-9,11,16H2,1H3;1H. The molecule has 1 fully saturated rings. The average Bonchev–Trinajstić information content (AvgIpc) is 2.42. The van der Waals surface area contributed by atoms with Gasteiger partial charge in [-0.1, -0.05) is 19.4 Å². The molecule has 1 saturated carbocycles. The maximum atomic E-state index is 6.07. The van der Waals surface area contributed by atoms with E-state index in [0.717, 1.165) is 37.1 Å². The van der Waals surface area contributed by atoms with Crippen LogP contribution in [0.4, 0.5) is 0 Å². The number of ether oxygens (including phenoxy) is 1. The van der Waals surface area contributed by atoms with Crippen LogP contribution >= 0.6 is 12.4 Å². The minimum absolute atomic E-state index is 0.